The number of aryl methyl sites for hydroxylation is 1. The van der Waals surface area contributed by atoms with E-state index in [0.29, 0.717) is 40.4 Å². The van der Waals surface area contributed by atoms with Crippen LogP contribution >= 0.6 is 11.6 Å². The Morgan fingerprint density at radius 1 is 1.14 bits per heavy atom. The summed E-state index contributed by atoms with van der Waals surface area (Å²) >= 11 is 6.45. The molecule has 2 aromatic heterocycles. The molecule has 1 aromatic carbocycles. The number of likely N-dealkylation sites (tertiary alicyclic amines) is 2. The van der Waals surface area contributed by atoms with Gasteiger partial charge in [-0.3, -0.25) is 19.3 Å². The van der Waals surface area contributed by atoms with Crippen LogP contribution in [0.1, 0.15) is 42.3 Å². The number of carboxylic acids is 1. The molecule has 6 rings (SSSR count). The summed E-state index contributed by atoms with van der Waals surface area (Å²) in [5, 5.41) is 12.0. The van der Waals surface area contributed by atoms with E-state index in [4.69, 9.17) is 27.2 Å². The van der Waals surface area contributed by atoms with Crippen LogP contribution in [0.2, 0.25) is 5.02 Å². The molecule has 0 radical (unpaired) electrons. The number of nitrogens with two attached hydrogens (primary N) is 1. The molecule has 3 aliphatic rings. The molecule has 44 heavy (non-hydrogen) atoms. The SMILES string of the molecule is Cc1cc(Cl)cc(-c2ncnn3cc(CN4C(=O)C5C(C4=O)C5(C)C)cc23)c1C(=O)N1C[C@@H](N)[C@@H](C)C1.O=C(O)C(F)(F)F. The number of hydrogen-bond acceptors (Lipinski definition) is 7. The highest BCUT2D eigenvalue weighted by Crippen LogP contribution is 2.63. The van der Waals surface area contributed by atoms with Crippen molar-refractivity contribution in [3.8, 4) is 11.3 Å². The van der Waals surface area contributed by atoms with Gasteiger partial charge in [-0.05, 0) is 47.6 Å². The van der Waals surface area contributed by atoms with E-state index in [0.717, 1.165) is 11.1 Å². The standard InChI is InChI=1S/C27H29ClN6O3.C2HF3O2/c1-13-5-16(28)7-17(20(13)24(35)32-8-14(2)18(29)11-32)23-19-6-15(10-34(19)31-12-30-23)9-33-25(36)21-22(26(33)37)27(21,3)4;3-2(4,5)1(6)7/h5-7,10,12,14,18,21-22H,8-9,11,29H2,1-4H3;(H,6,7)/t14-,18+,21?,22?;/m0./s1. The molecule has 3 fully saturated rings. The molecule has 2 unspecified atom stereocenters. The van der Waals surface area contributed by atoms with E-state index in [2.05, 4.69) is 10.1 Å². The van der Waals surface area contributed by atoms with E-state index in [1.807, 2.05) is 33.8 Å². The van der Waals surface area contributed by atoms with Gasteiger partial charge >= 0.3 is 12.1 Å². The molecule has 0 bridgehead atoms. The summed E-state index contributed by atoms with van der Waals surface area (Å²) in [4.78, 5) is 56.0. The minimum atomic E-state index is -5.08. The molecule has 3 aromatic rings. The molecule has 2 saturated heterocycles. The predicted octanol–water partition coefficient (Wildman–Crippen LogP) is 3.55. The number of piperidine rings is 1. The Labute approximate surface area is 254 Å². The highest BCUT2D eigenvalue weighted by atomic mass is 35.5. The van der Waals surface area contributed by atoms with Crippen LogP contribution in [0.5, 0.6) is 0 Å². The smallest absolute Gasteiger partial charge is 0.475 e. The van der Waals surface area contributed by atoms with Crippen LogP contribution in [0.15, 0.2) is 30.7 Å². The molecule has 3 amide bonds. The molecule has 234 valence electrons. The Morgan fingerprint density at radius 3 is 2.30 bits per heavy atom. The van der Waals surface area contributed by atoms with Crippen molar-refractivity contribution in [2.24, 2.45) is 28.9 Å². The second kappa shape index (κ2) is 10.8. The van der Waals surface area contributed by atoms with Crippen molar-refractivity contribution >= 4 is 40.8 Å². The van der Waals surface area contributed by atoms with E-state index in [1.54, 1.807) is 27.7 Å². The minimum absolute atomic E-state index is 0.0634. The summed E-state index contributed by atoms with van der Waals surface area (Å²) in [5.74, 6) is -3.33. The van der Waals surface area contributed by atoms with Crippen molar-refractivity contribution in [2.75, 3.05) is 13.1 Å². The lowest BCUT2D eigenvalue weighted by atomic mass is 9.97. The van der Waals surface area contributed by atoms with Crippen molar-refractivity contribution in [2.45, 2.75) is 46.5 Å². The second-order valence-corrected chi connectivity index (χ2v) is 12.6. The van der Waals surface area contributed by atoms with Crippen LogP contribution < -0.4 is 5.73 Å². The monoisotopic (exact) mass is 634 g/mol. The van der Waals surface area contributed by atoms with Crippen molar-refractivity contribution in [1.29, 1.82) is 0 Å². The number of carboxylic acid groups (broad SMARTS) is 1. The topological polar surface area (TPSA) is 151 Å². The van der Waals surface area contributed by atoms with Crippen LogP contribution in [0.25, 0.3) is 16.8 Å². The zero-order valence-electron chi connectivity index (χ0n) is 24.2. The minimum Gasteiger partial charge on any atom is -0.475 e. The average Bonchev–Trinajstić information content (AvgIpc) is 3.22. The van der Waals surface area contributed by atoms with E-state index in [9.17, 15) is 27.6 Å². The number of benzene rings is 1. The molecule has 2 aliphatic heterocycles. The molecule has 1 saturated carbocycles. The first-order valence-corrected chi connectivity index (χ1v) is 14.1. The lowest BCUT2D eigenvalue weighted by Gasteiger charge is -2.20. The highest BCUT2D eigenvalue weighted by Gasteiger charge is 2.72. The van der Waals surface area contributed by atoms with Gasteiger partial charge in [0.25, 0.3) is 5.91 Å². The summed E-state index contributed by atoms with van der Waals surface area (Å²) in [5.41, 5.74) is 9.80. The lowest BCUT2D eigenvalue weighted by molar-refractivity contribution is -0.192. The Balaban J connectivity index is 0.000000493. The summed E-state index contributed by atoms with van der Waals surface area (Å²) in [7, 11) is 0. The first kappa shape index (κ1) is 31.4. The third-order valence-corrected chi connectivity index (χ3v) is 8.88. The Kier molecular flexibility index (Phi) is 7.73. The maximum Gasteiger partial charge on any atom is 0.490 e. The van der Waals surface area contributed by atoms with Crippen LogP contribution in [-0.2, 0) is 20.9 Å². The number of fused-ring (bicyclic) bond motifs is 2. The summed E-state index contributed by atoms with van der Waals surface area (Å²) in [6, 6.07) is 5.33. The number of alkyl halides is 3. The van der Waals surface area contributed by atoms with Gasteiger partial charge in [-0.25, -0.2) is 14.3 Å². The van der Waals surface area contributed by atoms with Gasteiger partial charge in [-0.2, -0.15) is 18.3 Å². The van der Waals surface area contributed by atoms with E-state index >= 15 is 0 Å². The molecular weight excluding hydrogens is 605 g/mol. The Bertz CT molecular complexity index is 1670. The highest BCUT2D eigenvalue weighted by molar-refractivity contribution is 6.31. The van der Waals surface area contributed by atoms with E-state index in [-0.39, 0.29) is 53.5 Å². The fraction of sp³-hybridized carbons (Fsp3) is 0.448. The summed E-state index contributed by atoms with van der Waals surface area (Å²) in [6.45, 7) is 9.09. The number of carbonyl (C=O) groups is 4. The quantitative estimate of drug-likeness (QED) is 0.414. The maximum atomic E-state index is 13.7. The van der Waals surface area contributed by atoms with Gasteiger partial charge in [0.2, 0.25) is 11.8 Å². The number of aliphatic carboxylic acids is 1. The first-order chi connectivity index (χ1) is 20.4. The van der Waals surface area contributed by atoms with Gasteiger partial charge < -0.3 is 15.7 Å². The molecule has 3 N–H and O–H groups in total. The largest absolute Gasteiger partial charge is 0.490 e. The van der Waals surface area contributed by atoms with Gasteiger partial charge in [0.05, 0.1) is 35.2 Å². The first-order valence-electron chi connectivity index (χ1n) is 13.8. The van der Waals surface area contributed by atoms with Crippen molar-refractivity contribution < 1.29 is 37.5 Å². The molecule has 11 nitrogen and oxygen atoms in total. The molecule has 4 atom stereocenters. The maximum absolute atomic E-state index is 13.7. The fourth-order valence-electron chi connectivity index (χ4n) is 6.15. The van der Waals surface area contributed by atoms with Crippen molar-refractivity contribution in [3.05, 3.63) is 52.4 Å². The van der Waals surface area contributed by atoms with Crippen LogP contribution in [-0.4, -0.2) is 78.5 Å². The number of halogens is 4. The molecule has 0 spiro atoms. The molecule has 4 heterocycles. The fourth-order valence-corrected chi connectivity index (χ4v) is 6.42. The third kappa shape index (κ3) is 5.40. The number of aromatic nitrogens is 3. The van der Waals surface area contributed by atoms with Gasteiger partial charge in [0, 0.05) is 35.9 Å². The second-order valence-electron chi connectivity index (χ2n) is 12.1. The average molecular weight is 635 g/mol. The van der Waals surface area contributed by atoms with E-state index in [1.165, 1.54) is 11.2 Å². The van der Waals surface area contributed by atoms with Gasteiger partial charge in [-0.15, -0.1) is 0 Å². The molecule has 15 heteroatoms. The van der Waals surface area contributed by atoms with Crippen molar-refractivity contribution in [1.82, 2.24) is 24.4 Å². The van der Waals surface area contributed by atoms with Gasteiger partial charge in [0.1, 0.15) is 6.33 Å². The Morgan fingerprint density at radius 2 is 1.75 bits per heavy atom. The predicted molar refractivity (Wildman–Crippen MR) is 151 cm³/mol. The lowest BCUT2D eigenvalue weighted by Crippen LogP contribution is -2.35. The number of carbonyl (C=O) groups excluding carboxylic acids is 3. The summed E-state index contributed by atoms with van der Waals surface area (Å²) < 4.78 is 33.4. The zero-order chi connectivity index (χ0) is 32.5. The third-order valence-electron chi connectivity index (χ3n) is 8.66. The van der Waals surface area contributed by atoms with Crippen molar-refractivity contribution in [3.63, 3.8) is 0 Å². The Hall–Kier alpha value is -4.04. The van der Waals surface area contributed by atoms with Crippen LogP contribution in [0, 0.1) is 30.1 Å². The summed E-state index contributed by atoms with van der Waals surface area (Å²) in [6.07, 6.45) is -1.87. The van der Waals surface area contributed by atoms with Crippen LogP contribution in [0.4, 0.5) is 13.2 Å². The number of amides is 3. The number of hydrogen-bond donors (Lipinski definition) is 2. The number of imide groups is 1. The number of nitrogens with zero attached hydrogens (tertiary/aromatic N) is 5. The number of rotatable bonds is 4. The van der Waals surface area contributed by atoms with E-state index < -0.39 is 12.1 Å². The van der Waals surface area contributed by atoms with Gasteiger partial charge in [-0.1, -0.05) is 32.4 Å². The van der Waals surface area contributed by atoms with Gasteiger partial charge in [0.15, 0.2) is 0 Å². The van der Waals surface area contributed by atoms with Crippen LogP contribution in [0.3, 0.4) is 0 Å². The zero-order valence-corrected chi connectivity index (χ0v) is 25.0. The molecule has 1 aliphatic carbocycles. The normalized spacial score (nSPS) is 23.9. The molecular formula is C29H30ClF3N6O5.